The Morgan fingerprint density at radius 2 is 1.76 bits per heavy atom. The van der Waals surface area contributed by atoms with E-state index in [1.54, 1.807) is 26.0 Å². The normalized spacial score (nSPS) is 15.7. The summed E-state index contributed by atoms with van der Waals surface area (Å²) < 4.78 is 0. The molecule has 0 atom stereocenters. The van der Waals surface area contributed by atoms with Crippen LogP contribution in [0.3, 0.4) is 0 Å². The number of hydrogen-bond donors (Lipinski definition) is 2. The molecule has 1 aliphatic heterocycles. The molecule has 2 N–H and O–H groups in total. The van der Waals surface area contributed by atoms with Gasteiger partial charge in [-0.15, -0.1) is 0 Å². The molecule has 0 spiro atoms. The highest BCUT2D eigenvalue weighted by Crippen LogP contribution is 2.23. The van der Waals surface area contributed by atoms with Gasteiger partial charge in [0.05, 0.1) is 11.1 Å². The quantitative estimate of drug-likeness (QED) is 0.897. The molecule has 21 heavy (non-hydrogen) atoms. The van der Waals surface area contributed by atoms with Crippen LogP contribution >= 0.6 is 11.8 Å². The number of aryl methyl sites for hydroxylation is 2. The van der Waals surface area contributed by atoms with Crippen LogP contribution in [0.15, 0.2) is 12.1 Å². The molecule has 1 saturated heterocycles. The largest absolute Gasteiger partial charge is 0.478 e. The third-order valence-electron chi connectivity index (χ3n) is 3.96. The number of carbonyl (C=O) groups excluding carboxylic acids is 1. The van der Waals surface area contributed by atoms with Gasteiger partial charge >= 0.3 is 5.97 Å². The molecule has 0 unspecified atom stereocenters. The average Bonchev–Trinajstić information content (AvgIpc) is 2.47. The molecule has 0 bridgehead atoms. The number of benzene rings is 1. The maximum Gasteiger partial charge on any atom is 0.336 e. The van der Waals surface area contributed by atoms with Crippen LogP contribution < -0.4 is 5.32 Å². The fourth-order valence-electron chi connectivity index (χ4n) is 2.66. The van der Waals surface area contributed by atoms with Gasteiger partial charge in [0.25, 0.3) is 5.91 Å². The molecule has 5 heteroatoms. The zero-order valence-corrected chi connectivity index (χ0v) is 13.3. The number of aromatic carboxylic acids is 1. The zero-order valence-electron chi connectivity index (χ0n) is 12.4. The summed E-state index contributed by atoms with van der Waals surface area (Å²) in [5, 5.41) is 12.3. The Morgan fingerprint density at radius 1 is 1.19 bits per heavy atom. The Morgan fingerprint density at radius 3 is 2.33 bits per heavy atom. The molecule has 0 aliphatic carbocycles. The standard InChI is InChI=1S/C16H21NO3S/c1-10-3-4-11(2)14(16(19)20)13(10)15(18)17-9-12-5-7-21-8-6-12/h3-4,12H,5-9H2,1-2H3,(H,17,18)(H,19,20). The van der Waals surface area contributed by atoms with E-state index in [-0.39, 0.29) is 11.5 Å². The number of amides is 1. The van der Waals surface area contributed by atoms with Crippen molar-refractivity contribution in [1.82, 2.24) is 5.32 Å². The lowest BCUT2D eigenvalue weighted by molar-refractivity contribution is 0.0689. The Labute approximate surface area is 129 Å². The first kappa shape index (κ1) is 15.9. The first-order valence-electron chi connectivity index (χ1n) is 7.20. The molecule has 1 heterocycles. The SMILES string of the molecule is Cc1ccc(C)c(C(=O)NCC2CCSCC2)c1C(=O)O. The van der Waals surface area contributed by atoms with Gasteiger partial charge in [0.1, 0.15) is 0 Å². The highest BCUT2D eigenvalue weighted by molar-refractivity contribution is 7.99. The lowest BCUT2D eigenvalue weighted by atomic mass is 9.96. The minimum Gasteiger partial charge on any atom is -0.478 e. The minimum absolute atomic E-state index is 0.117. The predicted molar refractivity (Wildman–Crippen MR) is 85.3 cm³/mol. The smallest absolute Gasteiger partial charge is 0.336 e. The fourth-order valence-corrected chi connectivity index (χ4v) is 3.86. The summed E-state index contributed by atoms with van der Waals surface area (Å²) in [6.45, 7) is 4.13. The summed E-state index contributed by atoms with van der Waals surface area (Å²) in [5.74, 6) is 1.48. The summed E-state index contributed by atoms with van der Waals surface area (Å²) in [6.07, 6.45) is 2.23. The second kappa shape index (κ2) is 6.98. The molecular formula is C16H21NO3S. The number of nitrogens with one attached hydrogen (secondary N) is 1. The Hall–Kier alpha value is -1.49. The van der Waals surface area contributed by atoms with Crippen LogP contribution in [0.5, 0.6) is 0 Å². The van der Waals surface area contributed by atoms with Crippen molar-refractivity contribution in [3.05, 3.63) is 34.4 Å². The van der Waals surface area contributed by atoms with Crippen molar-refractivity contribution in [2.24, 2.45) is 5.92 Å². The van der Waals surface area contributed by atoms with Gasteiger partial charge in [0, 0.05) is 6.54 Å². The molecule has 1 fully saturated rings. The highest BCUT2D eigenvalue weighted by Gasteiger charge is 2.22. The van der Waals surface area contributed by atoms with Crippen molar-refractivity contribution < 1.29 is 14.7 Å². The van der Waals surface area contributed by atoms with Crippen LogP contribution in [0.25, 0.3) is 0 Å². The van der Waals surface area contributed by atoms with E-state index in [2.05, 4.69) is 5.32 Å². The molecule has 1 aromatic carbocycles. The molecule has 4 nitrogen and oxygen atoms in total. The van der Waals surface area contributed by atoms with Gasteiger partial charge in [0.15, 0.2) is 0 Å². The minimum atomic E-state index is -1.05. The zero-order chi connectivity index (χ0) is 15.4. The highest BCUT2D eigenvalue weighted by atomic mass is 32.2. The maximum atomic E-state index is 12.4. The monoisotopic (exact) mass is 307 g/mol. The Bertz CT molecular complexity index is 551. The summed E-state index contributed by atoms with van der Waals surface area (Å²) in [5.41, 5.74) is 1.74. The topological polar surface area (TPSA) is 66.4 Å². The molecule has 1 aromatic rings. The Balaban J connectivity index is 2.14. The number of hydrogen-bond acceptors (Lipinski definition) is 3. The summed E-state index contributed by atoms with van der Waals surface area (Å²) in [6, 6.07) is 3.54. The van der Waals surface area contributed by atoms with Crippen LogP contribution in [-0.2, 0) is 0 Å². The number of carboxylic acids is 1. The van der Waals surface area contributed by atoms with Crippen LogP contribution in [0.1, 0.15) is 44.7 Å². The predicted octanol–water partition coefficient (Wildman–Crippen LogP) is 2.87. The number of carbonyl (C=O) groups is 2. The van der Waals surface area contributed by atoms with E-state index in [0.29, 0.717) is 29.2 Å². The number of carboxylic acid groups (broad SMARTS) is 1. The lowest BCUT2D eigenvalue weighted by Gasteiger charge is -2.22. The number of thioether (sulfide) groups is 1. The molecule has 2 rings (SSSR count). The molecular weight excluding hydrogens is 286 g/mol. The van der Waals surface area contributed by atoms with Crippen molar-refractivity contribution in [2.75, 3.05) is 18.1 Å². The van der Waals surface area contributed by atoms with Gasteiger partial charge in [-0.3, -0.25) is 4.79 Å². The van der Waals surface area contributed by atoms with Gasteiger partial charge in [-0.05, 0) is 55.2 Å². The third kappa shape index (κ3) is 3.79. The van der Waals surface area contributed by atoms with Crippen LogP contribution in [0.4, 0.5) is 0 Å². The molecule has 0 radical (unpaired) electrons. The van der Waals surface area contributed by atoms with E-state index < -0.39 is 5.97 Å². The van der Waals surface area contributed by atoms with E-state index in [1.807, 2.05) is 11.8 Å². The fraction of sp³-hybridized carbons (Fsp3) is 0.500. The summed E-state index contributed by atoms with van der Waals surface area (Å²) in [4.78, 5) is 23.8. The van der Waals surface area contributed by atoms with E-state index in [9.17, 15) is 14.7 Å². The van der Waals surface area contributed by atoms with Gasteiger partial charge in [-0.1, -0.05) is 12.1 Å². The Kier molecular flexibility index (Phi) is 5.28. The number of rotatable bonds is 4. The van der Waals surface area contributed by atoms with Crippen LogP contribution in [-0.4, -0.2) is 35.0 Å². The van der Waals surface area contributed by atoms with Crippen molar-refractivity contribution in [2.45, 2.75) is 26.7 Å². The van der Waals surface area contributed by atoms with Crippen LogP contribution in [0, 0.1) is 19.8 Å². The molecule has 1 amide bonds. The van der Waals surface area contributed by atoms with Crippen LogP contribution in [0.2, 0.25) is 0 Å². The average molecular weight is 307 g/mol. The van der Waals surface area contributed by atoms with Gasteiger partial charge in [-0.25, -0.2) is 4.79 Å². The van der Waals surface area contributed by atoms with Crippen molar-refractivity contribution >= 4 is 23.6 Å². The molecule has 1 aliphatic rings. The first-order chi connectivity index (χ1) is 10.0. The van der Waals surface area contributed by atoms with E-state index in [0.717, 1.165) is 24.3 Å². The van der Waals surface area contributed by atoms with E-state index >= 15 is 0 Å². The van der Waals surface area contributed by atoms with Gasteiger partial charge < -0.3 is 10.4 Å². The molecule has 0 saturated carbocycles. The second-order valence-corrected chi connectivity index (χ2v) is 6.75. The molecule has 114 valence electrons. The van der Waals surface area contributed by atoms with Gasteiger partial charge in [-0.2, -0.15) is 11.8 Å². The maximum absolute atomic E-state index is 12.4. The van der Waals surface area contributed by atoms with Crippen molar-refractivity contribution in [1.29, 1.82) is 0 Å². The third-order valence-corrected chi connectivity index (χ3v) is 5.00. The van der Waals surface area contributed by atoms with Gasteiger partial charge in [0.2, 0.25) is 0 Å². The summed E-state index contributed by atoms with van der Waals surface area (Å²) >= 11 is 1.95. The first-order valence-corrected chi connectivity index (χ1v) is 8.35. The lowest BCUT2D eigenvalue weighted by Crippen LogP contribution is -2.32. The second-order valence-electron chi connectivity index (χ2n) is 5.52. The summed E-state index contributed by atoms with van der Waals surface area (Å²) in [7, 11) is 0. The van der Waals surface area contributed by atoms with E-state index in [1.165, 1.54) is 0 Å². The van der Waals surface area contributed by atoms with Crippen molar-refractivity contribution in [3.63, 3.8) is 0 Å². The molecule has 0 aromatic heterocycles. The van der Waals surface area contributed by atoms with Crippen molar-refractivity contribution in [3.8, 4) is 0 Å². The van der Waals surface area contributed by atoms with E-state index in [4.69, 9.17) is 0 Å².